The molecule has 2 aliphatic heterocycles. The quantitative estimate of drug-likeness (QED) is 0.421. The molecule has 2 N–H and O–H groups in total. The number of fused-ring (bicyclic) bond motifs is 2. The Morgan fingerprint density at radius 1 is 0.714 bits per heavy atom. The molecule has 0 amide bonds. The van der Waals surface area contributed by atoms with Crippen LogP contribution in [0.4, 0.5) is 17.7 Å². The van der Waals surface area contributed by atoms with E-state index in [2.05, 4.69) is 24.8 Å². The second kappa shape index (κ2) is 10.8. The van der Waals surface area contributed by atoms with Gasteiger partial charge in [0.2, 0.25) is 17.6 Å². The van der Waals surface area contributed by atoms with Crippen LogP contribution >= 0.6 is 24.8 Å². The average molecular weight is 520 g/mol. The van der Waals surface area contributed by atoms with Gasteiger partial charge in [-0.25, -0.2) is 15.0 Å². The van der Waals surface area contributed by atoms with Gasteiger partial charge in [0.1, 0.15) is 5.82 Å². The minimum atomic E-state index is 0. The van der Waals surface area contributed by atoms with Crippen molar-refractivity contribution in [1.29, 1.82) is 0 Å². The molecule has 1 aromatic heterocycles. The predicted octanol–water partition coefficient (Wildman–Crippen LogP) is 3.30. The number of nitrogens with zero attached hydrogens (tertiary/aromatic N) is 6. The highest BCUT2D eigenvalue weighted by atomic mass is 35.5. The molecule has 1 aromatic carbocycles. The monoisotopic (exact) mass is 519 g/mol. The number of imidazole rings is 1. The van der Waals surface area contributed by atoms with Crippen LogP contribution in [0.25, 0.3) is 22.3 Å². The number of halogens is 2. The first-order valence-corrected chi connectivity index (χ1v) is 10.6. The van der Waals surface area contributed by atoms with Crippen LogP contribution < -0.4 is 29.7 Å². The number of rotatable bonds is 5. The highest BCUT2D eigenvalue weighted by Gasteiger charge is 2.25. The topological polar surface area (TPSA) is 112 Å². The first kappa shape index (κ1) is 26.1. The summed E-state index contributed by atoms with van der Waals surface area (Å²) in [6, 6.07) is 11.7. The maximum absolute atomic E-state index is 6.34. The standard InChI is InChI=1S/C23H25N7O3.2ClH/c1-31-17-13-16-18(20(33-3)19(17)32-2)21(24)28-23(27-16)30-11-9-29(10-12-30)22-25-14-7-5-4-6-8-15(14)26-22;;/h4-8,13H,9-12H2,1-3H3,(H2,24,27,28);2*1H. The summed E-state index contributed by atoms with van der Waals surface area (Å²) in [6.07, 6.45) is 0. The highest BCUT2D eigenvalue weighted by molar-refractivity contribution is 5.98. The number of nitrogen functional groups attached to an aromatic ring is 1. The molecule has 0 atom stereocenters. The predicted molar refractivity (Wildman–Crippen MR) is 141 cm³/mol. The van der Waals surface area contributed by atoms with Crippen molar-refractivity contribution < 1.29 is 14.2 Å². The lowest BCUT2D eigenvalue weighted by molar-refractivity contribution is 0.327. The molecular weight excluding hydrogens is 493 g/mol. The summed E-state index contributed by atoms with van der Waals surface area (Å²) >= 11 is 0. The van der Waals surface area contributed by atoms with E-state index >= 15 is 0 Å². The third-order valence-electron chi connectivity index (χ3n) is 5.79. The molecule has 1 fully saturated rings. The van der Waals surface area contributed by atoms with Crippen molar-refractivity contribution in [2.45, 2.75) is 0 Å². The van der Waals surface area contributed by atoms with Gasteiger partial charge in [0, 0.05) is 32.2 Å². The van der Waals surface area contributed by atoms with Crippen LogP contribution in [0.3, 0.4) is 0 Å². The SMILES string of the molecule is COc1cc2nc(N3CCN(c4nc5cccccc-5n4)CC3)nc(N)c2c(OC)c1OC.Cl.Cl. The van der Waals surface area contributed by atoms with Gasteiger partial charge in [0.25, 0.3) is 0 Å². The number of hydrogen-bond donors (Lipinski definition) is 1. The van der Waals surface area contributed by atoms with E-state index in [4.69, 9.17) is 24.9 Å². The molecule has 35 heavy (non-hydrogen) atoms. The van der Waals surface area contributed by atoms with Gasteiger partial charge in [0.05, 0.1) is 43.6 Å². The Labute approximate surface area is 215 Å². The van der Waals surface area contributed by atoms with E-state index in [-0.39, 0.29) is 24.8 Å². The van der Waals surface area contributed by atoms with E-state index in [0.29, 0.717) is 53.0 Å². The van der Waals surface area contributed by atoms with Crippen LogP contribution in [0.2, 0.25) is 0 Å². The van der Waals surface area contributed by atoms with E-state index in [1.807, 2.05) is 30.3 Å². The molecule has 10 nitrogen and oxygen atoms in total. The van der Waals surface area contributed by atoms with Crippen LogP contribution in [0.1, 0.15) is 0 Å². The van der Waals surface area contributed by atoms with E-state index in [1.165, 1.54) is 0 Å². The molecule has 1 aliphatic carbocycles. The molecule has 0 saturated carbocycles. The fourth-order valence-electron chi connectivity index (χ4n) is 4.12. The summed E-state index contributed by atoms with van der Waals surface area (Å²) in [5.41, 5.74) is 8.75. The Kier molecular flexibility index (Phi) is 8.08. The first-order valence-electron chi connectivity index (χ1n) is 10.6. The van der Waals surface area contributed by atoms with Crippen molar-refractivity contribution in [2.24, 2.45) is 0 Å². The Balaban J connectivity index is 0.00000171. The van der Waals surface area contributed by atoms with Crippen molar-refractivity contribution in [1.82, 2.24) is 19.9 Å². The van der Waals surface area contributed by atoms with Crippen molar-refractivity contribution in [2.75, 3.05) is 63.0 Å². The van der Waals surface area contributed by atoms with E-state index < -0.39 is 0 Å². The molecule has 0 spiro atoms. The smallest absolute Gasteiger partial charge is 0.228 e. The average Bonchev–Trinajstić information content (AvgIpc) is 3.12. The third kappa shape index (κ3) is 4.71. The molecule has 0 unspecified atom stereocenters. The van der Waals surface area contributed by atoms with Gasteiger partial charge in [-0.05, 0) is 12.1 Å². The molecule has 5 rings (SSSR count). The van der Waals surface area contributed by atoms with Crippen molar-refractivity contribution in [3.63, 3.8) is 0 Å². The number of benzene rings is 1. The Morgan fingerprint density at radius 2 is 1.26 bits per heavy atom. The maximum atomic E-state index is 6.34. The largest absolute Gasteiger partial charge is 0.493 e. The summed E-state index contributed by atoms with van der Waals surface area (Å²) in [6.45, 7) is 2.93. The molecule has 2 aromatic rings. The highest BCUT2D eigenvalue weighted by Crippen LogP contribution is 2.44. The van der Waals surface area contributed by atoms with Crippen molar-refractivity contribution in [3.05, 3.63) is 36.4 Å². The fraction of sp³-hybridized carbons (Fsp3) is 0.304. The number of anilines is 3. The summed E-state index contributed by atoms with van der Waals surface area (Å²) in [7, 11) is 4.68. The second-order valence-corrected chi connectivity index (χ2v) is 7.63. The maximum Gasteiger partial charge on any atom is 0.228 e. The van der Waals surface area contributed by atoms with E-state index in [1.54, 1.807) is 27.4 Å². The number of ether oxygens (including phenoxy) is 3. The van der Waals surface area contributed by atoms with Gasteiger partial charge in [0.15, 0.2) is 11.5 Å². The zero-order chi connectivity index (χ0) is 22.9. The van der Waals surface area contributed by atoms with Crippen LogP contribution in [0.5, 0.6) is 17.2 Å². The molecular formula is C23H27Cl2N7O3. The lowest BCUT2D eigenvalue weighted by Gasteiger charge is -2.34. The van der Waals surface area contributed by atoms with Crippen LogP contribution in [0.15, 0.2) is 36.4 Å². The third-order valence-corrected chi connectivity index (χ3v) is 5.79. The first-order chi connectivity index (χ1) is 16.1. The number of hydrogen-bond acceptors (Lipinski definition) is 10. The Bertz CT molecular complexity index is 1250. The minimum absolute atomic E-state index is 0. The zero-order valence-electron chi connectivity index (χ0n) is 19.6. The normalized spacial score (nSPS) is 13.2. The minimum Gasteiger partial charge on any atom is -0.493 e. The molecule has 3 heterocycles. The van der Waals surface area contributed by atoms with Gasteiger partial charge in [-0.2, -0.15) is 4.98 Å². The molecule has 0 bridgehead atoms. The van der Waals surface area contributed by atoms with E-state index in [9.17, 15) is 0 Å². The van der Waals surface area contributed by atoms with Crippen molar-refractivity contribution in [3.8, 4) is 28.6 Å². The lowest BCUT2D eigenvalue weighted by atomic mass is 10.1. The Hall–Kier alpha value is -3.50. The van der Waals surface area contributed by atoms with E-state index in [0.717, 1.165) is 30.4 Å². The number of piperazine rings is 1. The number of aromatic nitrogens is 4. The van der Waals surface area contributed by atoms with Gasteiger partial charge in [-0.3, -0.25) is 0 Å². The summed E-state index contributed by atoms with van der Waals surface area (Å²) in [5, 5.41) is 0.600. The molecule has 12 heteroatoms. The Morgan fingerprint density at radius 3 is 1.77 bits per heavy atom. The molecule has 0 radical (unpaired) electrons. The molecule has 186 valence electrons. The van der Waals surface area contributed by atoms with Crippen LogP contribution in [-0.4, -0.2) is 67.4 Å². The zero-order valence-corrected chi connectivity index (χ0v) is 21.2. The lowest BCUT2D eigenvalue weighted by Crippen LogP contribution is -2.47. The van der Waals surface area contributed by atoms with Gasteiger partial charge < -0.3 is 29.7 Å². The fourth-order valence-corrected chi connectivity index (χ4v) is 4.12. The molecule has 3 aliphatic rings. The summed E-state index contributed by atoms with van der Waals surface area (Å²) < 4.78 is 16.5. The van der Waals surface area contributed by atoms with Gasteiger partial charge in [-0.15, -0.1) is 24.8 Å². The molecule has 1 saturated heterocycles. The number of nitrogens with two attached hydrogens (primary N) is 1. The van der Waals surface area contributed by atoms with Crippen LogP contribution in [-0.2, 0) is 0 Å². The van der Waals surface area contributed by atoms with Gasteiger partial charge >= 0.3 is 0 Å². The second-order valence-electron chi connectivity index (χ2n) is 7.63. The summed E-state index contributed by atoms with van der Waals surface area (Å²) in [5.74, 6) is 3.07. The van der Waals surface area contributed by atoms with Crippen LogP contribution in [0, 0.1) is 0 Å². The number of methoxy groups -OCH3 is 3. The van der Waals surface area contributed by atoms with Crippen molar-refractivity contribution >= 4 is 53.4 Å². The summed E-state index contributed by atoms with van der Waals surface area (Å²) in [4.78, 5) is 23.0. The van der Waals surface area contributed by atoms with Gasteiger partial charge in [-0.1, -0.05) is 18.2 Å².